The number of aryl methyl sites for hydroxylation is 2. The molecule has 0 aliphatic heterocycles. The van der Waals surface area contributed by atoms with E-state index in [0.717, 1.165) is 56.3 Å². The maximum Gasteiger partial charge on any atom is 0.414 e. The van der Waals surface area contributed by atoms with Gasteiger partial charge >= 0.3 is 35.5 Å². The van der Waals surface area contributed by atoms with E-state index in [4.69, 9.17) is 18.9 Å². The number of hydrogen-bond acceptors (Lipinski definition) is 14. The molecule has 64 heavy (non-hydrogen) atoms. The monoisotopic (exact) mass is 888 g/mol. The Morgan fingerprint density at radius 1 is 0.484 bits per heavy atom. The molecule has 0 aliphatic carbocycles. The van der Waals surface area contributed by atoms with Crippen LogP contribution in [0.25, 0.3) is 0 Å². The first-order valence-electron chi connectivity index (χ1n) is 20.7. The van der Waals surface area contributed by atoms with Gasteiger partial charge in [-0.1, -0.05) is 86.3 Å². The number of unbranched alkanes of at least 4 members (excludes halogenated alkanes) is 5. The average molecular weight is 889 g/mol. The molecule has 0 spiro atoms. The van der Waals surface area contributed by atoms with Crippen molar-refractivity contribution >= 4 is 35.9 Å². The van der Waals surface area contributed by atoms with E-state index < -0.39 is 69.6 Å². The van der Waals surface area contributed by atoms with Gasteiger partial charge in [-0.05, 0) is 36.8 Å². The van der Waals surface area contributed by atoms with Crippen molar-refractivity contribution < 1.29 is 47.7 Å². The number of benzene rings is 2. The highest BCUT2D eigenvalue weighted by atomic mass is 16.6. The number of rotatable bonds is 23. The Bertz CT molecular complexity index is 2320. The standard InChI is InChI=1S/C44H52N6O14/c1-47-39(55)33(37(53)45-41(57)63-29-31-17-9-7-10-18-31)27-49(43(47)59)23-15-25-61-35(51)21-13-5-3-4-6-14-22-36(52)62-26-16-24-50-28-34(40(56)48(2)44(50)60)38(54)46-42(58)64-30-32-19-11-8-12-20-32/h7-12,17-20,27-28H,3-6,13-16,21-26,29-30H2,1-2H3,(H,45,53,57)(H,46,54,58). The molecule has 0 bridgehead atoms. The molecular weight excluding hydrogens is 837 g/mol. The molecule has 0 aliphatic rings. The second-order valence-electron chi connectivity index (χ2n) is 14.6. The van der Waals surface area contributed by atoms with Crippen molar-refractivity contribution in [2.24, 2.45) is 14.1 Å². The molecule has 0 atom stereocenters. The number of amides is 4. The van der Waals surface area contributed by atoms with Crippen molar-refractivity contribution in [3.05, 3.63) is 137 Å². The lowest BCUT2D eigenvalue weighted by atomic mass is 10.1. The molecule has 342 valence electrons. The molecule has 0 unspecified atom stereocenters. The molecule has 2 N–H and O–H groups in total. The minimum atomic E-state index is -1.06. The lowest BCUT2D eigenvalue weighted by Gasteiger charge is -2.11. The molecule has 2 aromatic heterocycles. The maximum atomic E-state index is 12.7. The number of nitrogens with zero attached hydrogens (tertiary/aromatic N) is 4. The highest BCUT2D eigenvalue weighted by molar-refractivity contribution is 6.03. The summed E-state index contributed by atoms with van der Waals surface area (Å²) < 4.78 is 24.3. The van der Waals surface area contributed by atoms with Crippen LogP contribution < -0.4 is 33.1 Å². The lowest BCUT2D eigenvalue weighted by molar-refractivity contribution is -0.144. The number of imide groups is 2. The summed E-state index contributed by atoms with van der Waals surface area (Å²) in [5.74, 6) is -2.88. The number of alkyl carbamates (subject to hydrolysis) is 2. The summed E-state index contributed by atoms with van der Waals surface area (Å²) in [6, 6.07) is 17.6. The first-order valence-corrected chi connectivity index (χ1v) is 20.7. The van der Waals surface area contributed by atoms with Gasteiger partial charge in [0.1, 0.15) is 24.3 Å². The Morgan fingerprint density at radius 2 is 0.844 bits per heavy atom. The van der Waals surface area contributed by atoms with E-state index in [2.05, 4.69) is 0 Å². The molecule has 4 aromatic rings. The average Bonchev–Trinajstić information content (AvgIpc) is 3.29. The molecule has 4 rings (SSSR count). The number of carbonyl (C=O) groups is 6. The van der Waals surface area contributed by atoms with Crippen LogP contribution in [-0.2, 0) is 68.9 Å². The van der Waals surface area contributed by atoms with Gasteiger partial charge in [0.2, 0.25) is 0 Å². The number of ether oxygens (including phenoxy) is 4. The van der Waals surface area contributed by atoms with E-state index in [1.807, 2.05) is 10.6 Å². The SMILES string of the molecule is Cn1c(=O)c(C(=O)NC(=O)OCc2ccccc2)cn(CCCOC(=O)CCCCCCCCC(=O)OCCCn2cc(C(=O)NC(=O)OCc3ccccc3)c(=O)n(C)c2=O)c1=O. The fourth-order valence-electron chi connectivity index (χ4n) is 6.16. The van der Waals surface area contributed by atoms with Gasteiger partial charge in [0.05, 0.1) is 13.2 Å². The molecule has 2 heterocycles. The number of esters is 2. The fourth-order valence-corrected chi connectivity index (χ4v) is 6.16. The van der Waals surface area contributed by atoms with E-state index in [1.165, 1.54) is 14.1 Å². The fraction of sp³-hybridized carbons (Fsp3) is 0.409. The largest absolute Gasteiger partial charge is 0.466 e. The van der Waals surface area contributed by atoms with E-state index in [9.17, 15) is 47.9 Å². The molecule has 0 saturated heterocycles. The van der Waals surface area contributed by atoms with Crippen LogP contribution in [0.4, 0.5) is 9.59 Å². The van der Waals surface area contributed by atoms with Gasteiger partial charge in [0.15, 0.2) is 0 Å². The summed E-state index contributed by atoms with van der Waals surface area (Å²) in [6.07, 6.45) is 5.22. The van der Waals surface area contributed by atoms with Crippen molar-refractivity contribution in [2.45, 2.75) is 90.5 Å². The van der Waals surface area contributed by atoms with Crippen LogP contribution in [0, 0.1) is 0 Å². The Kier molecular flexibility index (Phi) is 19.7. The zero-order chi connectivity index (χ0) is 46.4. The van der Waals surface area contributed by atoms with Crippen molar-refractivity contribution in [3.8, 4) is 0 Å². The molecule has 0 radical (unpaired) electrons. The van der Waals surface area contributed by atoms with Gasteiger partial charge in [-0.25, -0.2) is 19.2 Å². The molecular formula is C44H52N6O14. The molecule has 4 amide bonds. The van der Waals surface area contributed by atoms with Gasteiger partial charge in [0.25, 0.3) is 22.9 Å². The van der Waals surface area contributed by atoms with E-state index in [0.29, 0.717) is 24.0 Å². The number of carbonyl (C=O) groups excluding carboxylic acids is 6. The minimum Gasteiger partial charge on any atom is -0.466 e. The summed E-state index contributed by atoms with van der Waals surface area (Å²) >= 11 is 0. The third kappa shape index (κ3) is 15.8. The van der Waals surface area contributed by atoms with E-state index >= 15 is 0 Å². The Balaban J connectivity index is 1.04. The van der Waals surface area contributed by atoms with Crippen molar-refractivity contribution in [1.82, 2.24) is 28.9 Å². The predicted octanol–water partition coefficient (Wildman–Crippen LogP) is 3.23. The van der Waals surface area contributed by atoms with Crippen LogP contribution in [0.5, 0.6) is 0 Å². The summed E-state index contributed by atoms with van der Waals surface area (Å²) in [5.41, 5.74) is -2.64. The summed E-state index contributed by atoms with van der Waals surface area (Å²) in [4.78, 5) is 124. The quantitative estimate of drug-likeness (QED) is 0.0617. The van der Waals surface area contributed by atoms with E-state index in [1.54, 1.807) is 60.7 Å². The maximum absolute atomic E-state index is 12.7. The molecule has 0 fully saturated rings. The van der Waals surface area contributed by atoms with Gasteiger partial charge in [0, 0.05) is 52.4 Å². The summed E-state index contributed by atoms with van der Waals surface area (Å²) in [6.45, 7) is -0.120. The Hall–Kier alpha value is -7.38. The first-order chi connectivity index (χ1) is 30.7. The number of aromatic nitrogens is 4. The molecule has 2 aromatic carbocycles. The topological polar surface area (TPSA) is 251 Å². The Morgan fingerprint density at radius 3 is 1.22 bits per heavy atom. The third-order valence-electron chi connectivity index (χ3n) is 9.68. The normalized spacial score (nSPS) is 10.7. The molecule has 0 saturated carbocycles. The lowest BCUT2D eigenvalue weighted by Crippen LogP contribution is -2.43. The van der Waals surface area contributed by atoms with Gasteiger partial charge < -0.3 is 18.9 Å². The van der Waals surface area contributed by atoms with Crippen molar-refractivity contribution in [2.75, 3.05) is 13.2 Å². The van der Waals surface area contributed by atoms with Crippen molar-refractivity contribution in [3.63, 3.8) is 0 Å². The van der Waals surface area contributed by atoms with E-state index in [-0.39, 0.29) is 65.2 Å². The van der Waals surface area contributed by atoms with Crippen LogP contribution >= 0.6 is 0 Å². The van der Waals surface area contributed by atoms with Crippen LogP contribution in [0.3, 0.4) is 0 Å². The molecule has 20 heteroatoms. The van der Waals surface area contributed by atoms with Gasteiger partial charge in [-0.15, -0.1) is 0 Å². The van der Waals surface area contributed by atoms with Crippen LogP contribution in [0.2, 0.25) is 0 Å². The summed E-state index contributed by atoms with van der Waals surface area (Å²) in [7, 11) is 2.41. The first kappa shape index (κ1) is 49.3. The second-order valence-corrected chi connectivity index (χ2v) is 14.6. The minimum absolute atomic E-state index is 0.00142. The van der Waals surface area contributed by atoms with Gasteiger partial charge in [-0.2, -0.15) is 0 Å². The highest BCUT2D eigenvalue weighted by Gasteiger charge is 2.20. The second kappa shape index (κ2) is 25.5. The third-order valence-corrected chi connectivity index (χ3v) is 9.68. The number of nitrogens with one attached hydrogen (secondary N) is 2. The molecule has 20 nitrogen and oxygen atoms in total. The van der Waals surface area contributed by atoms with Gasteiger partial charge in [-0.3, -0.25) is 57.7 Å². The highest BCUT2D eigenvalue weighted by Crippen LogP contribution is 2.10. The predicted molar refractivity (Wildman–Crippen MR) is 228 cm³/mol. The zero-order valence-electron chi connectivity index (χ0n) is 35.7. The summed E-state index contributed by atoms with van der Waals surface area (Å²) in [5, 5.41) is 3.97. The van der Waals surface area contributed by atoms with Crippen molar-refractivity contribution in [1.29, 1.82) is 0 Å². The van der Waals surface area contributed by atoms with Crippen LogP contribution in [0.15, 0.2) is 92.2 Å². The number of hydrogen-bond donors (Lipinski definition) is 2. The van der Waals surface area contributed by atoms with Crippen LogP contribution in [0.1, 0.15) is 96.1 Å². The zero-order valence-corrected chi connectivity index (χ0v) is 35.7. The van der Waals surface area contributed by atoms with Crippen LogP contribution in [-0.4, -0.2) is 67.4 Å². The smallest absolute Gasteiger partial charge is 0.414 e. The Labute approximate surface area is 366 Å².